The average molecular weight is 354 g/mol. The summed E-state index contributed by atoms with van der Waals surface area (Å²) >= 11 is 3.20. The summed E-state index contributed by atoms with van der Waals surface area (Å²) < 4.78 is 27.5. The summed E-state index contributed by atoms with van der Waals surface area (Å²) in [5.74, 6) is -0.476. The zero-order chi connectivity index (χ0) is 15.4. The van der Waals surface area contributed by atoms with Crippen molar-refractivity contribution in [3.63, 3.8) is 0 Å². The predicted octanol–water partition coefficient (Wildman–Crippen LogP) is 4.93. The molecule has 0 amide bonds. The van der Waals surface area contributed by atoms with Crippen LogP contribution in [0.5, 0.6) is 0 Å². The highest BCUT2D eigenvalue weighted by atomic mass is 79.9. The van der Waals surface area contributed by atoms with E-state index in [1.165, 1.54) is 6.07 Å². The Morgan fingerprint density at radius 2 is 1.86 bits per heavy atom. The van der Waals surface area contributed by atoms with Crippen LogP contribution in [0.2, 0.25) is 0 Å². The molecule has 0 radical (unpaired) electrons. The maximum absolute atomic E-state index is 13.8. The number of rotatable bonds is 5. The fourth-order valence-electron chi connectivity index (χ4n) is 2.28. The van der Waals surface area contributed by atoms with E-state index < -0.39 is 0 Å². The van der Waals surface area contributed by atoms with Gasteiger partial charge < -0.3 is 5.32 Å². The van der Waals surface area contributed by atoms with Gasteiger partial charge in [-0.2, -0.15) is 0 Å². The van der Waals surface area contributed by atoms with Crippen LogP contribution < -0.4 is 5.32 Å². The molecule has 2 rings (SSSR count). The summed E-state index contributed by atoms with van der Waals surface area (Å²) in [6, 6.07) is 10.3. The van der Waals surface area contributed by atoms with Gasteiger partial charge in [-0.3, -0.25) is 0 Å². The van der Waals surface area contributed by atoms with Gasteiger partial charge in [0.05, 0.1) is 4.47 Å². The minimum atomic E-state index is -0.278. The van der Waals surface area contributed by atoms with Gasteiger partial charge in [0.2, 0.25) is 0 Å². The van der Waals surface area contributed by atoms with Crippen molar-refractivity contribution in [1.29, 1.82) is 0 Å². The van der Waals surface area contributed by atoms with Gasteiger partial charge in [0, 0.05) is 6.04 Å². The molecule has 2 aromatic rings. The fourth-order valence-corrected chi connectivity index (χ4v) is 2.71. The molecule has 1 atom stereocenters. The van der Waals surface area contributed by atoms with E-state index in [-0.39, 0.29) is 17.7 Å². The highest BCUT2D eigenvalue weighted by molar-refractivity contribution is 9.10. The van der Waals surface area contributed by atoms with E-state index in [0.717, 1.165) is 17.7 Å². The van der Waals surface area contributed by atoms with Gasteiger partial charge in [0.15, 0.2) is 0 Å². The Morgan fingerprint density at radius 3 is 2.48 bits per heavy atom. The molecular weight excluding hydrogens is 336 g/mol. The summed E-state index contributed by atoms with van der Waals surface area (Å²) in [5, 5.41) is 3.35. The first-order chi connectivity index (χ1) is 10.0. The van der Waals surface area contributed by atoms with E-state index in [4.69, 9.17) is 0 Å². The first-order valence-corrected chi connectivity index (χ1v) is 7.74. The van der Waals surface area contributed by atoms with E-state index >= 15 is 0 Å². The Kier molecular flexibility index (Phi) is 5.48. The molecule has 0 heterocycles. The lowest BCUT2D eigenvalue weighted by Gasteiger charge is -2.19. The Labute approximate surface area is 132 Å². The van der Waals surface area contributed by atoms with E-state index in [9.17, 15) is 8.78 Å². The maximum Gasteiger partial charge on any atom is 0.137 e. The minimum Gasteiger partial charge on any atom is -0.310 e. The van der Waals surface area contributed by atoms with Crippen LogP contribution in [0.1, 0.15) is 29.7 Å². The van der Waals surface area contributed by atoms with Crippen molar-refractivity contribution in [3.05, 3.63) is 69.2 Å². The average Bonchev–Trinajstić information content (AvgIpc) is 2.45. The summed E-state index contributed by atoms with van der Waals surface area (Å²) in [5.41, 5.74) is 2.54. The van der Waals surface area contributed by atoms with Crippen molar-refractivity contribution in [2.24, 2.45) is 0 Å². The normalized spacial score (nSPS) is 12.4. The van der Waals surface area contributed by atoms with E-state index in [1.807, 2.05) is 13.0 Å². The third kappa shape index (κ3) is 4.11. The van der Waals surface area contributed by atoms with Gasteiger partial charge >= 0.3 is 0 Å². The lowest BCUT2D eigenvalue weighted by molar-refractivity contribution is 0.540. The molecule has 0 aromatic heterocycles. The van der Waals surface area contributed by atoms with Crippen molar-refractivity contribution >= 4 is 15.9 Å². The van der Waals surface area contributed by atoms with Gasteiger partial charge in [-0.05, 0) is 70.7 Å². The van der Waals surface area contributed by atoms with Crippen LogP contribution in [-0.4, -0.2) is 6.54 Å². The predicted molar refractivity (Wildman–Crippen MR) is 85.4 cm³/mol. The number of aryl methyl sites for hydroxylation is 1. The van der Waals surface area contributed by atoms with Gasteiger partial charge in [0.25, 0.3) is 0 Å². The fraction of sp³-hybridized carbons (Fsp3) is 0.294. The molecule has 0 fully saturated rings. The minimum absolute atomic E-state index is 0.00228. The number of benzene rings is 2. The molecule has 0 spiro atoms. The van der Waals surface area contributed by atoms with Gasteiger partial charge in [-0.25, -0.2) is 8.78 Å². The zero-order valence-corrected chi connectivity index (χ0v) is 13.7. The van der Waals surface area contributed by atoms with Crippen molar-refractivity contribution in [2.75, 3.05) is 6.54 Å². The maximum atomic E-state index is 13.8. The highest BCUT2D eigenvalue weighted by Crippen LogP contribution is 2.23. The second kappa shape index (κ2) is 7.14. The third-order valence-electron chi connectivity index (χ3n) is 3.47. The summed E-state index contributed by atoms with van der Waals surface area (Å²) in [4.78, 5) is 0. The highest BCUT2D eigenvalue weighted by Gasteiger charge is 2.13. The summed E-state index contributed by atoms with van der Waals surface area (Å²) in [6.45, 7) is 4.54. The molecule has 0 aliphatic rings. The van der Waals surface area contributed by atoms with Crippen LogP contribution >= 0.6 is 15.9 Å². The van der Waals surface area contributed by atoms with E-state index in [1.54, 1.807) is 31.2 Å². The molecule has 0 aliphatic heterocycles. The molecule has 112 valence electrons. The molecule has 2 aromatic carbocycles. The quantitative estimate of drug-likeness (QED) is 0.803. The molecule has 4 heteroatoms. The molecule has 0 aliphatic carbocycles. The van der Waals surface area contributed by atoms with Gasteiger partial charge in [0.1, 0.15) is 11.6 Å². The van der Waals surface area contributed by atoms with Crippen molar-refractivity contribution < 1.29 is 8.78 Å². The number of hydrogen-bond donors (Lipinski definition) is 1. The molecule has 0 saturated carbocycles. The van der Waals surface area contributed by atoms with Crippen LogP contribution in [-0.2, 0) is 6.42 Å². The lowest BCUT2D eigenvalue weighted by atomic mass is 9.97. The molecular formula is C17H18BrF2N. The molecule has 0 bridgehead atoms. The zero-order valence-electron chi connectivity index (χ0n) is 12.1. The smallest absolute Gasteiger partial charge is 0.137 e. The largest absolute Gasteiger partial charge is 0.310 e. The number of likely N-dealkylation sites (N-methyl/N-ethyl adjacent to an activating group) is 1. The first kappa shape index (κ1) is 16.1. The van der Waals surface area contributed by atoms with Gasteiger partial charge in [-0.1, -0.05) is 25.1 Å². The Balaban J connectivity index is 2.25. The van der Waals surface area contributed by atoms with Crippen molar-refractivity contribution in [1.82, 2.24) is 5.32 Å². The van der Waals surface area contributed by atoms with Crippen LogP contribution in [0.25, 0.3) is 0 Å². The van der Waals surface area contributed by atoms with Crippen LogP contribution in [0, 0.1) is 18.6 Å². The standard InChI is InChI=1S/C17H18BrF2N/c1-3-21-17(13-6-4-11(2)16(20)10-13)9-12-5-7-15(19)14(18)8-12/h4-8,10,17,21H,3,9H2,1-2H3. The molecule has 0 saturated heterocycles. The second-order valence-electron chi connectivity index (χ2n) is 5.07. The van der Waals surface area contributed by atoms with Gasteiger partial charge in [-0.15, -0.1) is 0 Å². The van der Waals surface area contributed by atoms with Crippen LogP contribution in [0.4, 0.5) is 8.78 Å². The third-order valence-corrected chi connectivity index (χ3v) is 4.08. The molecule has 21 heavy (non-hydrogen) atoms. The summed E-state index contributed by atoms with van der Waals surface area (Å²) in [7, 11) is 0. The summed E-state index contributed by atoms with van der Waals surface area (Å²) in [6.07, 6.45) is 0.676. The topological polar surface area (TPSA) is 12.0 Å². The van der Waals surface area contributed by atoms with E-state index in [2.05, 4.69) is 21.2 Å². The monoisotopic (exact) mass is 353 g/mol. The van der Waals surface area contributed by atoms with Crippen molar-refractivity contribution in [3.8, 4) is 0 Å². The number of nitrogens with one attached hydrogen (secondary N) is 1. The second-order valence-corrected chi connectivity index (χ2v) is 5.93. The first-order valence-electron chi connectivity index (χ1n) is 6.94. The van der Waals surface area contributed by atoms with Crippen molar-refractivity contribution in [2.45, 2.75) is 26.3 Å². The number of hydrogen-bond acceptors (Lipinski definition) is 1. The lowest BCUT2D eigenvalue weighted by Crippen LogP contribution is -2.23. The molecule has 1 N–H and O–H groups in total. The van der Waals surface area contributed by atoms with Crippen LogP contribution in [0.3, 0.4) is 0 Å². The SMILES string of the molecule is CCNC(Cc1ccc(F)c(Br)c1)c1ccc(C)c(F)c1. The van der Waals surface area contributed by atoms with E-state index in [0.29, 0.717) is 16.5 Å². The molecule has 1 nitrogen and oxygen atoms in total. The number of halogens is 3. The molecule has 1 unspecified atom stereocenters. The Morgan fingerprint density at radius 1 is 1.10 bits per heavy atom. The Bertz CT molecular complexity index is 628. The van der Waals surface area contributed by atoms with Crippen LogP contribution in [0.15, 0.2) is 40.9 Å². The Hall–Kier alpha value is -1.26.